The number of hydrogen-bond donors (Lipinski definition) is 1. The lowest BCUT2D eigenvalue weighted by Gasteiger charge is -2.08. The summed E-state index contributed by atoms with van der Waals surface area (Å²) < 4.78 is 0. The van der Waals surface area contributed by atoms with E-state index in [0.29, 0.717) is 6.42 Å². The molecule has 1 amide bonds. The summed E-state index contributed by atoms with van der Waals surface area (Å²) in [4.78, 5) is 16.5. The van der Waals surface area contributed by atoms with Gasteiger partial charge in [0.2, 0.25) is 5.91 Å². The Morgan fingerprint density at radius 2 is 1.65 bits per heavy atom. The summed E-state index contributed by atoms with van der Waals surface area (Å²) in [6.07, 6.45) is 12.3. The second-order valence-corrected chi connectivity index (χ2v) is 6.15. The van der Waals surface area contributed by atoms with E-state index >= 15 is 0 Å². The third-order valence-corrected chi connectivity index (χ3v) is 4.16. The average molecular weight is 312 g/mol. The van der Waals surface area contributed by atoms with Crippen LogP contribution in [-0.4, -0.2) is 10.9 Å². The number of carbonyl (C=O) groups excluding carboxylic acids is 1. The summed E-state index contributed by atoms with van der Waals surface area (Å²) in [7, 11) is 0. The van der Waals surface area contributed by atoms with Crippen LogP contribution in [0.2, 0.25) is 0 Å². The van der Waals surface area contributed by atoms with Gasteiger partial charge in [0.25, 0.3) is 0 Å². The van der Waals surface area contributed by atoms with Crippen molar-refractivity contribution in [3.63, 3.8) is 0 Å². The zero-order valence-electron chi connectivity index (χ0n) is 14.2. The molecular formula is C20H28N2O. The first-order chi connectivity index (χ1) is 11.3. The van der Waals surface area contributed by atoms with Gasteiger partial charge < -0.3 is 5.32 Å². The Bertz CT molecular complexity index is 604. The minimum absolute atomic E-state index is 0.0918. The lowest BCUT2D eigenvalue weighted by molar-refractivity contribution is -0.116. The number of hydrogen-bond acceptors (Lipinski definition) is 2. The van der Waals surface area contributed by atoms with Crippen molar-refractivity contribution < 1.29 is 4.79 Å². The topological polar surface area (TPSA) is 42.0 Å². The first-order valence-electron chi connectivity index (χ1n) is 8.95. The van der Waals surface area contributed by atoms with Gasteiger partial charge in [0, 0.05) is 18.0 Å². The number of fused-ring (bicyclic) bond motifs is 1. The van der Waals surface area contributed by atoms with Crippen LogP contribution in [0.5, 0.6) is 0 Å². The molecule has 0 unspecified atom stereocenters. The van der Waals surface area contributed by atoms with Gasteiger partial charge in [-0.3, -0.25) is 9.78 Å². The SMILES string of the molecule is CCCCCCCCCCC(=O)Nc1cccc2cccnc12. The maximum atomic E-state index is 12.1. The molecular weight excluding hydrogens is 284 g/mol. The van der Waals surface area contributed by atoms with Gasteiger partial charge in [-0.05, 0) is 18.6 Å². The zero-order chi connectivity index (χ0) is 16.3. The second kappa shape index (κ2) is 9.98. The summed E-state index contributed by atoms with van der Waals surface area (Å²) in [5.74, 6) is 0.0918. The predicted octanol–water partition coefficient (Wildman–Crippen LogP) is 5.70. The molecule has 0 saturated carbocycles. The molecule has 0 atom stereocenters. The van der Waals surface area contributed by atoms with Gasteiger partial charge in [-0.2, -0.15) is 0 Å². The van der Waals surface area contributed by atoms with E-state index < -0.39 is 0 Å². The van der Waals surface area contributed by atoms with Crippen LogP contribution in [-0.2, 0) is 4.79 Å². The molecule has 1 aromatic carbocycles. The van der Waals surface area contributed by atoms with Crippen LogP contribution in [0.15, 0.2) is 36.5 Å². The largest absolute Gasteiger partial charge is 0.324 e. The Morgan fingerprint density at radius 3 is 2.43 bits per heavy atom. The van der Waals surface area contributed by atoms with E-state index in [1.54, 1.807) is 6.20 Å². The number of carbonyl (C=O) groups is 1. The standard InChI is InChI=1S/C20H28N2O/c1-2-3-4-5-6-7-8-9-15-19(23)22-18-14-10-12-17-13-11-16-21-20(17)18/h10-14,16H,2-9,15H2,1H3,(H,22,23). The Labute approximate surface area is 139 Å². The lowest BCUT2D eigenvalue weighted by atomic mass is 10.1. The van der Waals surface area contributed by atoms with Crippen molar-refractivity contribution in [1.29, 1.82) is 0 Å². The first kappa shape index (κ1) is 17.5. The van der Waals surface area contributed by atoms with Crippen molar-refractivity contribution in [1.82, 2.24) is 4.98 Å². The van der Waals surface area contributed by atoms with Crippen LogP contribution < -0.4 is 5.32 Å². The molecule has 0 radical (unpaired) electrons. The number of amides is 1. The zero-order valence-corrected chi connectivity index (χ0v) is 14.2. The van der Waals surface area contributed by atoms with Crippen LogP contribution in [0, 0.1) is 0 Å². The van der Waals surface area contributed by atoms with Crippen molar-refractivity contribution >= 4 is 22.5 Å². The van der Waals surface area contributed by atoms with Crippen LogP contribution in [0.25, 0.3) is 10.9 Å². The molecule has 2 rings (SSSR count). The fourth-order valence-electron chi connectivity index (χ4n) is 2.84. The van der Waals surface area contributed by atoms with Crippen LogP contribution in [0.3, 0.4) is 0 Å². The smallest absolute Gasteiger partial charge is 0.224 e. The minimum Gasteiger partial charge on any atom is -0.324 e. The number of unbranched alkanes of at least 4 members (excludes halogenated alkanes) is 7. The Balaban J connectivity index is 1.68. The van der Waals surface area contributed by atoms with Gasteiger partial charge in [0.1, 0.15) is 0 Å². The Hall–Kier alpha value is -1.90. The quantitative estimate of drug-likeness (QED) is 0.571. The first-order valence-corrected chi connectivity index (χ1v) is 8.95. The highest BCUT2D eigenvalue weighted by molar-refractivity contribution is 6.00. The molecule has 0 bridgehead atoms. The van der Waals surface area contributed by atoms with E-state index in [-0.39, 0.29) is 5.91 Å². The van der Waals surface area contributed by atoms with E-state index in [2.05, 4.69) is 17.2 Å². The normalized spacial score (nSPS) is 10.8. The van der Waals surface area contributed by atoms with Crippen molar-refractivity contribution in [2.45, 2.75) is 64.7 Å². The van der Waals surface area contributed by atoms with E-state index in [9.17, 15) is 4.79 Å². The van der Waals surface area contributed by atoms with Crippen LogP contribution >= 0.6 is 0 Å². The number of nitrogens with zero attached hydrogens (tertiary/aromatic N) is 1. The molecule has 0 fully saturated rings. The maximum Gasteiger partial charge on any atom is 0.224 e. The summed E-state index contributed by atoms with van der Waals surface area (Å²) >= 11 is 0. The number of benzene rings is 1. The molecule has 3 nitrogen and oxygen atoms in total. The van der Waals surface area contributed by atoms with E-state index in [0.717, 1.165) is 29.4 Å². The van der Waals surface area contributed by atoms with Crippen molar-refractivity contribution in [3.8, 4) is 0 Å². The van der Waals surface area contributed by atoms with Gasteiger partial charge in [-0.15, -0.1) is 0 Å². The fourth-order valence-corrected chi connectivity index (χ4v) is 2.84. The summed E-state index contributed by atoms with van der Waals surface area (Å²) in [6, 6.07) is 9.80. The number of para-hydroxylation sites is 1. The minimum atomic E-state index is 0.0918. The van der Waals surface area contributed by atoms with Gasteiger partial charge in [-0.25, -0.2) is 0 Å². The molecule has 1 aromatic heterocycles. The molecule has 1 N–H and O–H groups in total. The summed E-state index contributed by atoms with van der Waals surface area (Å²) in [5, 5.41) is 4.06. The van der Waals surface area contributed by atoms with Gasteiger partial charge in [-0.1, -0.05) is 70.1 Å². The average Bonchev–Trinajstić information content (AvgIpc) is 2.57. The van der Waals surface area contributed by atoms with Gasteiger partial charge in [0.15, 0.2) is 0 Å². The predicted molar refractivity (Wildman–Crippen MR) is 97.6 cm³/mol. The third-order valence-electron chi connectivity index (χ3n) is 4.16. The summed E-state index contributed by atoms with van der Waals surface area (Å²) in [6.45, 7) is 2.24. The number of aromatic nitrogens is 1. The van der Waals surface area contributed by atoms with E-state index in [1.165, 1.54) is 38.5 Å². The van der Waals surface area contributed by atoms with Crippen molar-refractivity contribution in [3.05, 3.63) is 36.5 Å². The van der Waals surface area contributed by atoms with Crippen LogP contribution in [0.4, 0.5) is 5.69 Å². The highest BCUT2D eigenvalue weighted by Crippen LogP contribution is 2.21. The van der Waals surface area contributed by atoms with E-state index in [4.69, 9.17) is 0 Å². The maximum absolute atomic E-state index is 12.1. The summed E-state index contributed by atoms with van der Waals surface area (Å²) in [5.41, 5.74) is 1.67. The number of pyridine rings is 1. The van der Waals surface area contributed by atoms with Gasteiger partial charge >= 0.3 is 0 Å². The van der Waals surface area contributed by atoms with E-state index in [1.807, 2.05) is 30.3 Å². The van der Waals surface area contributed by atoms with Crippen molar-refractivity contribution in [2.24, 2.45) is 0 Å². The molecule has 0 saturated heterocycles. The number of rotatable bonds is 10. The Kier molecular flexibility index (Phi) is 7.58. The lowest BCUT2D eigenvalue weighted by Crippen LogP contribution is -2.11. The molecule has 0 aliphatic heterocycles. The van der Waals surface area contributed by atoms with Crippen LogP contribution in [0.1, 0.15) is 64.7 Å². The number of nitrogens with one attached hydrogen (secondary N) is 1. The number of anilines is 1. The second-order valence-electron chi connectivity index (χ2n) is 6.15. The molecule has 2 aromatic rings. The highest BCUT2D eigenvalue weighted by atomic mass is 16.1. The molecule has 3 heteroatoms. The molecule has 23 heavy (non-hydrogen) atoms. The third kappa shape index (κ3) is 6.01. The Morgan fingerprint density at radius 1 is 0.957 bits per heavy atom. The highest BCUT2D eigenvalue weighted by Gasteiger charge is 2.06. The molecule has 0 aliphatic rings. The monoisotopic (exact) mass is 312 g/mol. The molecule has 1 heterocycles. The molecule has 0 aliphatic carbocycles. The van der Waals surface area contributed by atoms with Crippen molar-refractivity contribution in [2.75, 3.05) is 5.32 Å². The molecule has 124 valence electrons. The fraction of sp³-hybridized carbons (Fsp3) is 0.500. The van der Waals surface area contributed by atoms with Gasteiger partial charge in [0.05, 0.1) is 11.2 Å². The molecule has 0 spiro atoms.